The van der Waals surface area contributed by atoms with Gasteiger partial charge in [-0.1, -0.05) is 49.6 Å². The molecule has 1 nitrogen and oxygen atoms in total. The van der Waals surface area contributed by atoms with E-state index in [0.717, 1.165) is 6.54 Å². The molecule has 0 spiro atoms. The Bertz CT molecular complexity index is 312. The zero-order valence-electron chi connectivity index (χ0n) is 10.8. The number of nitrogens with two attached hydrogens (primary N) is 1. The molecule has 2 rings (SSSR count). The molecular weight excluding hydrogens is 206 g/mol. The average Bonchev–Trinajstić information content (AvgIpc) is 2.41. The molecule has 1 aliphatic rings. The summed E-state index contributed by atoms with van der Waals surface area (Å²) in [6.45, 7) is 0.891. The van der Waals surface area contributed by atoms with Crippen molar-refractivity contribution in [3.05, 3.63) is 35.9 Å². The molecule has 0 radical (unpaired) electrons. The monoisotopic (exact) mass is 231 g/mol. The van der Waals surface area contributed by atoms with Crippen molar-refractivity contribution >= 4 is 0 Å². The Morgan fingerprint density at radius 3 is 2.35 bits per heavy atom. The van der Waals surface area contributed by atoms with E-state index in [0.29, 0.717) is 5.41 Å². The highest BCUT2D eigenvalue weighted by Gasteiger charge is 2.29. The third kappa shape index (κ3) is 3.57. The third-order valence-corrected chi connectivity index (χ3v) is 4.36. The molecule has 0 amide bonds. The summed E-state index contributed by atoms with van der Waals surface area (Å²) in [5, 5.41) is 0. The molecule has 0 aromatic heterocycles. The van der Waals surface area contributed by atoms with Gasteiger partial charge >= 0.3 is 0 Å². The molecule has 2 N–H and O–H groups in total. The maximum absolute atomic E-state index is 6.02. The van der Waals surface area contributed by atoms with E-state index in [4.69, 9.17) is 5.73 Å². The molecule has 0 aliphatic heterocycles. The number of hydrogen-bond donors (Lipinski definition) is 1. The number of rotatable bonds is 5. The number of aryl methyl sites for hydroxylation is 1. The molecule has 0 unspecified atom stereocenters. The van der Waals surface area contributed by atoms with Gasteiger partial charge in [-0.3, -0.25) is 0 Å². The van der Waals surface area contributed by atoms with Gasteiger partial charge < -0.3 is 5.73 Å². The van der Waals surface area contributed by atoms with Crippen LogP contribution in [0.2, 0.25) is 0 Å². The van der Waals surface area contributed by atoms with Crippen LogP contribution in [-0.2, 0) is 6.42 Å². The van der Waals surface area contributed by atoms with Crippen molar-refractivity contribution in [3.8, 4) is 0 Å². The van der Waals surface area contributed by atoms with Gasteiger partial charge in [0.15, 0.2) is 0 Å². The molecular formula is C16H25N. The summed E-state index contributed by atoms with van der Waals surface area (Å²) in [5.41, 5.74) is 7.96. The second-order valence-corrected chi connectivity index (χ2v) is 5.60. The molecule has 1 saturated carbocycles. The Kier molecular flexibility index (Phi) is 4.61. The molecule has 1 fully saturated rings. The number of benzene rings is 1. The molecule has 0 heterocycles. The van der Waals surface area contributed by atoms with Gasteiger partial charge in [0.05, 0.1) is 0 Å². The maximum atomic E-state index is 6.02. The maximum Gasteiger partial charge on any atom is -0.00205 e. The van der Waals surface area contributed by atoms with E-state index in [9.17, 15) is 0 Å². The van der Waals surface area contributed by atoms with Gasteiger partial charge in [0, 0.05) is 0 Å². The summed E-state index contributed by atoms with van der Waals surface area (Å²) in [4.78, 5) is 0. The second kappa shape index (κ2) is 6.20. The van der Waals surface area contributed by atoms with Crippen molar-refractivity contribution in [2.24, 2.45) is 11.1 Å². The molecule has 0 bridgehead atoms. The van der Waals surface area contributed by atoms with Crippen molar-refractivity contribution in [1.29, 1.82) is 0 Å². The van der Waals surface area contributed by atoms with E-state index in [1.807, 2.05) is 0 Å². The van der Waals surface area contributed by atoms with E-state index in [2.05, 4.69) is 30.3 Å². The minimum atomic E-state index is 0.479. The Labute approximate surface area is 105 Å². The first kappa shape index (κ1) is 12.6. The van der Waals surface area contributed by atoms with E-state index in [-0.39, 0.29) is 0 Å². The summed E-state index contributed by atoms with van der Waals surface area (Å²) < 4.78 is 0. The highest BCUT2D eigenvalue weighted by molar-refractivity contribution is 5.14. The van der Waals surface area contributed by atoms with Crippen molar-refractivity contribution in [1.82, 2.24) is 0 Å². The molecule has 1 aromatic rings. The third-order valence-electron chi connectivity index (χ3n) is 4.36. The zero-order chi connectivity index (χ0) is 12.0. The average molecular weight is 231 g/mol. The van der Waals surface area contributed by atoms with Gasteiger partial charge in [0.1, 0.15) is 0 Å². The van der Waals surface area contributed by atoms with Crippen LogP contribution in [0.5, 0.6) is 0 Å². The number of hydrogen-bond acceptors (Lipinski definition) is 1. The van der Waals surface area contributed by atoms with Crippen molar-refractivity contribution in [2.75, 3.05) is 6.54 Å². The van der Waals surface area contributed by atoms with Crippen LogP contribution in [0.3, 0.4) is 0 Å². The molecule has 94 valence electrons. The first-order valence-corrected chi connectivity index (χ1v) is 7.09. The topological polar surface area (TPSA) is 26.0 Å². The van der Waals surface area contributed by atoms with Crippen LogP contribution in [-0.4, -0.2) is 6.54 Å². The smallest absolute Gasteiger partial charge is 0.00205 e. The van der Waals surface area contributed by atoms with Crippen LogP contribution >= 0.6 is 0 Å². The fourth-order valence-corrected chi connectivity index (χ4v) is 3.17. The van der Waals surface area contributed by atoms with E-state index >= 15 is 0 Å². The highest BCUT2D eigenvalue weighted by atomic mass is 14.6. The van der Waals surface area contributed by atoms with Crippen LogP contribution in [0, 0.1) is 5.41 Å². The Morgan fingerprint density at radius 2 is 1.71 bits per heavy atom. The molecule has 0 atom stereocenters. The minimum absolute atomic E-state index is 0.479. The van der Waals surface area contributed by atoms with Gasteiger partial charge in [-0.05, 0) is 49.6 Å². The molecule has 1 aliphatic carbocycles. The van der Waals surface area contributed by atoms with Gasteiger partial charge in [-0.15, -0.1) is 0 Å². The minimum Gasteiger partial charge on any atom is -0.330 e. The van der Waals surface area contributed by atoms with E-state index in [1.165, 1.54) is 56.9 Å². The SMILES string of the molecule is NCC1(CCCc2ccccc2)CCCCC1. The molecule has 0 saturated heterocycles. The fraction of sp³-hybridized carbons (Fsp3) is 0.625. The summed E-state index contributed by atoms with van der Waals surface area (Å²) >= 11 is 0. The molecule has 1 heteroatoms. The van der Waals surface area contributed by atoms with Crippen LogP contribution < -0.4 is 5.73 Å². The zero-order valence-corrected chi connectivity index (χ0v) is 10.8. The van der Waals surface area contributed by atoms with Crippen LogP contribution in [0.4, 0.5) is 0 Å². The lowest BCUT2D eigenvalue weighted by Gasteiger charge is -2.36. The Balaban J connectivity index is 1.80. The van der Waals surface area contributed by atoms with E-state index in [1.54, 1.807) is 0 Å². The Morgan fingerprint density at radius 1 is 1.00 bits per heavy atom. The molecule has 17 heavy (non-hydrogen) atoms. The summed E-state index contributed by atoms with van der Waals surface area (Å²) in [7, 11) is 0. The second-order valence-electron chi connectivity index (χ2n) is 5.60. The van der Waals surface area contributed by atoms with E-state index < -0.39 is 0 Å². The summed E-state index contributed by atoms with van der Waals surface area (Å²) in [6, 6.07) is 10.8. The lowest BCUT2D eigenvalue weighted by molar-refractivity contribution is 0.178. The van der Waals surface area contributed by atoms with Crippen molar-refractivity contribution < 1.29 is 0 Å². The lowest BCUT2D eigenvalue weighted by atomic mass is 9.71. The predicted octanol–water partition coefficient (Wildman–Crippen LogP) is 3.92. The summed E-state index contributed by atoms with van der Waals surface area (Å²) in [6.07, 6.45) is 10.7. The predicted molar refractivity (Wildman–Crippen MR) is 74.0 cm³/mol. The highest BCUT2D eigenvalue weighted by Crippen LogP contribution is 2.39. The standard InChI is InChI=1S/C16H25N/c17-14-16(11-5-2-6-12-16)13-7-10-15-8-3-1-4-9-15/h1,3-4,8-9H,2,5-7,10-14,17H2. The van der Waals surface area contributed by atoms with Crippen LogP contribution in [0.15, 0.2) is 30.3 Å². The Hall–Kier alpha value is -0.820. The molecule has 1 aromatic carbocycles. The van der Waals surface area contributed by atoms with Crippen LogP contribution in [0.25, 0.3) is 0 Å². The largest absolute Gasteiger partial charge is 0.330 e. The normalized spacial score (nSPS) is 19.1. The quantitative estimate of drug-likeness (QED) is 0.816. The fourth-order valence-electron chi connectivity index (χ4n) is 3.17. The lowest BCUT2D eigenvalue weighted by Crippen LogP contribution is -2.32. The first-order chi connectivity index (χ1) is 8.35. The van der Waals surface area contributed by atoms with Crippen molar-refractivity contribution in [3.63, 3.8) is 0 Å². The summed E-state index contributed by atoms with van der Waals surface area (Å²) in [5.74, 6) is 0. The van der Waals surface area contributed by atoms with Gasteiger partial charge in [0.2, 0.25) is 0 Å². The van der Waals surface area contributed by atoms with Crippen LogP contribution in [0.1, 0.15) is 50.5 Å². The van der Waals surface area contributed by atoms with Gasteiger partial charge in [-0.25, -0.2) is 0 Å². The van der Waals surface area contributed by atoms with Gasteiger partial charge in [-0.2, -0.15) is 0 Å². The van der Waals surface area contributed by atoms with Crippen molar-refractivity contribution in [2.45, 2.75) is 51.4 Å². The first-order valence-electron chi connectivity index (χ1n) is 7.09. The van der Waals surface area contributed by atoms with Gasteiger partial charge in [0.25, 0.3) is 0 Å².